The molecule has 0 aromatic heterocycles. The van der Waals surface area contributed by atoms with Crippen LogP contribution in [0.2, 0.25) is 0 Å². The standard InChI is InChI=1S/C24H46O2S/c1-19(2)13-9-5-7-11-15-23(21-17-25-21)27-24(22-18-26-22)16-12-8-6-10-14-20(3)4/h19-24H,5-18H2,1-4H3. The first-order valence-corrected chi connectivity index (χ1v) is 12.9. The Balaban J connectivity index is 1.59. The van der Waals surface area contributed by atoms with E-state index in [4.69, 9.17) is 9.47 Å². The van der Waals surface area contributed by atoms with Crippen molar-refractivity contribution in [3.63, 3.8) is 0 Å². The summed E-state index contributed by atoms with van der Waals surface area (Å²) in [6.45, 7) is 11.3. The third-order valence-electron chi connectivity index (χ3n) is 5.94. The molecule has 0 spiro atoms. The maximum absolute atomic E-state index is 5.70. The number of thioether (sulfide) groups is 1. The lowest BCUT2D eigenvalue weighted by atomic mass is 10.0. The zero-order valence-corrected chi connectivity index (χ0v) is 19.4. The molecule has 2 fully saturated rings. The van der Waals surface area contributed by atoms with Crippen molar-refractivity contribution in [2.24, 2.45) is 11.8 Å². The summed E-state index contributed by atoms with van der Waals surface area (Å²) in [5, 5.41) is 1.43. The summed E-state index contributed by atoms with van der Waals surface area (Å²) in [6, 6.07) is 0. The molecule has 0 N–H and O–H groups in total. The van der Waals surface area contributed by atoms with E-state index in [2.05, 4.69) is 39.5 Å². The fourth-order valence-corrected chi connectivity index (χ4v) is 5.67. The van der Waals surface area contributed by atoms with Crippen LogP contribution in [0.1, 0.15) is 105 Å². The van der Waals surface area contributed by atoms with E-state index >= 15 is 0 Å². The smallest absolute Gasteiger partial charge is 0.0928 e. The molecule has 0 aromatic rings. The number of hydrogen-bond donors (Lipinski definition) is 0. The molecule has 3 heteroatoms. The van der Waals surface area contributed by atoms with Gasteiger partial charge >= 0.3 is 0 Å². The first kappa shape index (κ1) is 23.5. The topological polar surface area (TPSA) is 25.1 Å². The Bertz CT molecular complexity index is 329. The van der Waals surface area contributed by atoms with Crippen LogP contribution in [0.5, 0.6) is 0 Å². The van der Waals surface area contributed by atoms with Crippen LogP contribution >= 0.6 is 11.8 Å². The maximum atomic E-state index is 5.70. The summed E-state index contributed by atoms with van der Waals surface area (Å²) in [6.07, 6.45) is 17.7. The van der Waals surface area contributed by atoms with Gasteiger partial charge in [0, 0.05) is 10.5 Å². The molecule has 4 atom stereocenters. The lowest BCUT2D eigenvalue weighted by Gasteiger charge is -2.21. The lowest BCUT2D eigenvalue weighted by Crippen LogP contribution is -2.20. The van der Waals surface area contributed by atoms with Crippen LogP contribution in [0.25, 0.3) is 0 Å². The Morgan fingerprint density at radius 1 is 0.593 bits per heavy atom. The predicted molar refractivity (Wildman–Crippen MR) is 120 cm³/mol. The van der Waals surface area contributed by atoms with Crippen LogP contribution < -0.4 is 0 Å². The zero-order valence-electron chi connectivity index (χ0n) is 18.6. The van der Waals surface area contributed by atoms with Crippen LogP contribution in [0.15, 0.2) is 0 Å². The molecule has 2 heterocycles. The molecule has 0 radical (unpaired) electrons. The van der Waals surface area contributed by atoms with Gasteiger partial charge in [-0.05, 0) is 24.7 Å². The van der Waals surface area contributed by atoms with Crippen molar-refractivity contribution in [2.45, 2.75) is 127 Å². The summed E-state index contributed by atoms with van der Waals surface area (Å²) in [5.41, 5.74) is 0. The number of hydrogen-bond acceptors (Lipinski definition) is 3. The summed E-state index contributed by atoms with van der Waals surface area (Å²) in [5.74, 6) is 1.72. The van der Waals surface area contributed by atoms with E-state index in [1.165, 1.54) is 77.0 Å². The van der Waals surface area contributed by atoms with Crippen LogP contribution in [0, 0.1) is 11.8 Å². The van der Waals surface area contributed by atoms with Gasteiger partial charge in [0.2, 0.25) is 0 Å². The zero-order chi connectivity index (χ0) is 19.5. The number of unbranched alkanes of at least 4 members (excludes halogenated alkanes) is 6. The molecule has 0 saturated carbocycles. The summed E-state index contributed by atoms with van der Waals surface area (Å²) in [4.78, 5) is 0. The normalized spacial score (nSPS) is 23.8. The average molecular weight is 399 g/mol. The van der Waals surface area contributed by atoms with Crippen molar-refractivity contribution in [1.29, 1.82) is 0 Å². The second-order valence-electron chi connectivity index (χ2n) is 9.73. The van der Waals surface area contributed by atoms with Gasteiger partial charge in [0.1, 0.15) is 0 Å². The maximum Gasteiger partial charge on any atom is 0.0928 e. The van der Waals surface area contributed by atoms with Gasteiger partial charge in [-0.25, -0.2) is 0 Å². The van der Waals surface area contributed by atoms with Crippen LogP contribution in [-0.4, -0.2) is 35.9 Å². The Kier molecular flexibility index (Phi) is 11.8. The molecular weight excluding hydrogens is 352 g/mol. The molecule has 2 nitrogen and oxygen atoms in total. The van der Waals surface area contributed by atoms with E-state index in [1.54, 1.807) is 0 Å². The average Bonchev–Trinajstić information content (AvgIpc) is 3.49. The molecule has 2 aliphatic rings. The van der Waals surface area contributed by atoms with Crippen molar-refractivity contribution >= 4 is 11.8 Å². The van der Waals surface area contributed by atoms with Gasteiger partial charge in [0.05, 0.1) is 25.4 Å². The lowest BCUT2D eigenvalue weighted by molar-refractivity contribution is 0.383. The number of rotatable bonds is 18. The molecule has 0 bridgehead atoms. The Hall–Kier alpha value is 0.270. The molecule has 0 amide bonds. The molecule has 4 unspecified atom stereocenters. The fourth-order valence-electron chi connectivity index (χ4n) is 3.95. The van der Waals surface area contributed by atoms with Crippen LogP contribution in [0.4, 0.5) is 0 Å². The van der Waals surface area contributed by atoms with E-state index < -0.39 is 0 Å². The van der Waals surface area contributed by atoms with Crippen molar-refractivity contribution in [1.82, 2.24) is 0 Å². The van der Waals surface area contributed by atoms with E-state index in [0.717, 1.165) is 25.0 Å². The van der Waals surface area contributed by atoms with Gasteiger partial charge in [-0.2, -0.15) is 0 Å². The molecule has 27 heavy (non-hydrogen) atoms. The number of epoxide rings is 2. The SMILES string of the molecule is CC(C)CCCCCCC(SC(CCCCCCC(C)C)C1CO1)C1CO1. The third kappa shape index (κ3) is 11.8. The second kappa shape index (κ2) is 13.5. The van der Waals surface area contributed by atoms with Crippen LogP contribution in [0.3, 0.4) is 0 Å². The third-order valence-corrected chi connectivity index (χ3v) is 7.72. The molecule has 160 valence electrons. The Labute approximate surface area is 173 Å². The molecular formula is C24H46O2S. The number of ether oxygens (including phenoxy) is 2. The molecule has 2 rings (SSSR count). The minimum Gasteiger partial charge on any atom is -0.372 e. The van der Waals surface area contributed by atoms with Gasteiger partial charge in [0.25, 0.3) is 0 Å². The molecule has 0 aromatic carbocycles. The highest BCUT2D eigenvalue weighted by Gasteiger charge is 2.39. The van der Waals surface area contributed by atoms with Crippen LogP contribution in [-0.2, 0) is 9.47 Å². The van der Waals surface area contributed by atoms with E-state index in [9.17, 15) is 0 Å². The quantitative estimate of drug-likeness (QED) is 0.179. The minimum absolute atomic E-state index is 0.540. The van der Waals surface area contributed by atoms with Crippen molar-refractivity contribution in [2.75, 3.05) is 13.2 Å². The van der Waals surface area contributed by atoms with Gasteiger partial charge < -0.3 is 9.47 Å². The molecule has 2 aliphatic heterocycles. The highest BCUT2D eigenvalue weighted by atomic mass is 32.2. The molecule has 2 saturated heterocycles. The van der Waals surface area contributed by atoms with Crippen molar-refractivity contribution in [3.05, 3.63) is 0 Å². The van der Waals surface area contributed by atoms with Gasteiger partial charge in [-0.15, -0.1) is 11.8 Å². The van der Waals surface area contributed by atoms with Gasteiger partial charge in [-0.3, -0.25) is 0 Å². The summed E-state index contributed by atoms with van der Waals surface area (Å²) in [7, 11) is 0. The van der Waals surface area contributed by atoms with E-state index in [0.29, 0.717) is 22.7 Å². The summed E-state index contributed by atoms with van der Waals surface area (Å²) >= 11 is 2.22. The second-order valence-corrected chi connectivity index (χ2v) is 11.2. The predicted octanol–water partition coefficient (Wildman–Crippen LogP) is 7.25. The molecule has 0 aliphatic carbocycles. The minimum atomic E-state index is 0.540. The van der Waals surface area contributed by atoms with Crippen molar-refractivity contribution < 1.29 is 9.47 Å². The largest absolute Gasteiger partial charge is 0.372 e. The first-order chi connectivity index (χ1) is 13.1. The van der Waals surface area contributed by atoms with Crippen molar-refractivity contribution in [3.8, 4) is 0 Å². The Morgan fingerprint density at radius 3 is 1.22 bits per heavy atom. The van der Waals surface area contributed by atoms with E-state index in [1.807, 2.05) is 0 Å². The van der Waals surface area contributed by atoms with Gasteiger partial charge in [0.15, 0.2) is 0 Å². The monoisotopic (exact) mass is 398 g/mol. The first-order valence-electron chi connectivity index (χ1n) is 11.9. The Morgan fingerprint density at radius 2 is 0.926 bits per heavy atom. The fraction of sp³-hybridized carbons (Fsp3) is 1.00. The van der Waals surface area contributed by atoms with E-state index in [-0.39, 0.29) is 0 Å². The highest BCUT2D eigenvalue weighted by molar-refractivity contribution is 8.00. The summed E-state index contributed by atoms with van der Waals surface area (Å²) < 4.78 is 11.4. The van der Waals surface area contributed by atoms with Gasteiger partial charge in [-0.1, -0.05) is 91.9 Å². The highest BCUT2D eigenvalue weighted by Crippen LogP contribution is 2.39.